The maximum Gasteiger partial charge on any atom is 0.324 e. The number of hydrogen-bond donors (Lipinski definition) is 0. The van der Waals surface area contributed by atoms with Gasteiger partial charge in [-0.3, -0.25) is 19.1 Å². The lowest BCUT2D eigenvalue weighted by molar-refractivity contribution is -0.387. The van der Waals surface area contributed by atoms with Crippen LogP contribution in [0.5, 0.6) is 5.75 Å². The van der Waals surface area contributed by atoms with Crippen LogP contribution in [0.3, 0.4) is 0 Å². The van der Waals surface area contributed by atoms with E-state index in [0.29, 0.717) is 5.75 Å². The molecule has 3 aromatic carbocycles. The van der Waals surface area contributed by atoms with Crippen LogP contribution >= 0.6 is 0 Å². The molecule has 0 saturated heterocycles. The third-order valence-corrected chi connectivity index (χ3v) is 5.08. The van der Waals surface area contributed by atoms with E-state index in [4.69, 9.17) is 4.74 Å². The van der Waals surface area contributed by atoms with E-state index in [0.717, 1.165) is 11.1 Å². The number of nitro benzene ring substituents is 1. The Kier molecular flexibility index (Phi) is 5.73. The quantitative estimate of drug-likeness (QED) is 0.279. The highest BCUT2D eigenvalue weighted by Gasteiger charge is 2.21. The van der Waals surface area contributed by atoms with Crippen molar-refractivity contribution >= 4 is 22.5 Å². The molecule has 0 fully saturated rings. The van der Waals surface area contributed by atoms with E-state index in [9.17, 15) is 19.1 Å². The first kappa shape index (κ1) is 18.5. The average Bonchev–Trinajstić information content (AvgIpc) is 2.69. The summed E-state index contributed by atoms with van der Waals surface area (Å²) in [6.45, 7) is 0. The predicted octanol–water partition coefficient (Wildman–Crippen LogP) is 3.98. The molecule has 0 aliphatic heterocycles. The van der Waals surface area contributed by atoms with Crippen LogP contribution in [0.1, 0.15) is 0 Å². The zero-order valence-electron chi connectivity index (χ0n) is 14.1. The van der Waals surface area contributed by atoms with Gasteiger partial charge in [-0.2, -0.15) is 0 Å². The Morgan fingerprint density at radius 1 is 0.889 bits per heavy atom. The molecule has 1 unspecified atom stereocenters. The first-order valence-corrected chi connectivity index (χ1v) is 9.34. The van der Waals surface area contributed by atoms with Crippen molar-refractivity contribution in [3.05, 3.63) is 89.0 Å². The number of para-hydroxylation sites is 1. The molecule has 6 nitrogen and oxygen atoms in total. The van der Waals surface area contributed by atoms with Crippen LogP contribution in [-0.2, 0) is 15.6 Å². The molecule has 0 amide bonds. The van der Waals surface area contributed by atoms with Gasteiger partial charge in [-0.05, 0) is 29.3 Å². The number of hydrogen-bond acceptors (Lipinski definition) is 5. The highest BCUT2D eigenvalue weighted by Crippen LogP contribution is 2.23. The number of rotatable bonds is 6. The molecular formula is C20H15NO5S. The van der Waals surface area contributed by atoms with Crippen LogP contribution in [0, 0.1) is 10.1 Å². The SMILES string of the molecule is O=C(CS(=O)c1ccccc1[N+](=O)[O-])Oc1ccc(-c2ccccc2)cc1. The molecule has 7 heteroatoms. The van der Waals surface area contributed by atoms with Crippen LogP contribution in [0.4, 0.5) is 5.69 Å². The summed E-state index contributed by atoms with van der Waals surface area (Å²) < 4.78 is 17.5. The maximum atomic E-state index is 12.3. The van der Waals surface area contributed by atoms with Gasteiger partial charge in [0.1, 0.15) is 16.4 Å². The molecular weight excluding hydrogens is 366 g/mol. The molecule has 0 radical (unpaired) electrons. The first-order chi connectivity index (χ1) is 13.0. The van der Waals surface area contributed by atoms with Crippen LogP contribution < -0.4 is 4.74 Å². The van der Waals surface area contributed by atoms with E-state index in [1.54, 1.807) is 12.1 Å². The molecule has 3 aromatic rings. The van der Waals surface area contributed by atoms with Crippen LogP contribution in [0.25, 0.3) is 11.1 Å². The summed E-state index contributed by atoms with van der Waals surface area (Å²) in [6, 6.07) is 22.3. The summed E-state index contributed by atoms with van der Waals surface area (Å²) in [6.07, 6.45) is 0. The van der Waals surface area contributed by atoms with E-state index >= 15 is 0 Å². The van der Waals surface area contributed by atoms with Crippen LogP contribution in [0.15, 0.2) is 83.8 Å². The van der Waals surface area contributed by atoms with E-state index in [-0.39, 0.29) is 10.6 Å². The number of esters is 1. The minimum absolute atomic E-state index is 0.00104. The lowest BCUT2D eigenvalue weighted by atomic mass is 10.1. The van der Waals surface area contributed by atoms with Crippen molar-refractivity contribution in [2.45, 2.75) is 4.90 Å². The second-order valence-electron chi connectivity index (χ2n) is 5.58. The van der Waals surface area contributed by atoms with Crippen molar-refractivity contribution in [1.29, 1.82) is 0 Å². The van der Waals surface area contributed by atoms with E-state index in [1.807, 2.05) is 42.5 Å². The summed E-state index contributed by atoms with van der Waals surface area (Å²) in [5.74, 6) is -0.871. The third-order valence-electron chi connectivity index (χ3n) is 3.75. The number of benzene rings is 3. The topological polar surface area (TPSA) is 86.5 Å². The fraction of sp³-hybridized carbons (Fsp3) is 0.0500. The molecule has 136 valence electrons. The van der Waals surface area contributed by atoms with E-state index in [1.165, 1.54) is 24.3 Å². The summed E-state index contributed by atoms with van der Waals surface area (Å²) in [5.41, 5.74) is 1.72. The minimum atomic E-state index is -1.87. The van der Waals surface area contributed by atoms with Crippen molar-refractivity contribution in [2.75, 3.05) is 5.75 Å². The molecule has 0 aromatic heterocycles. The molecule has 0 aliphatic rings. The van der Waals surface area contributed by atoms with Crippen molar-refractivity contribution in [2.24, 2.45) is 0 Å². The molecule has 27 heavy (non-hydrogen) atoms. The van der Waals surface area contributed by atoms with E-state index < -0.39 is 27.4 Å². The third kappa shape index (κ3) is 4.65. The van der Waals surface area contributed by atoms with Gasteiger partial charge < -0.3 is 4.74 Å². The van der Waals surface area contributed by atoms with Gasteiger partial charge in [-0.15, -0.1) is 0 Å². The molecule has 3 rings (SSSR count). The number of carbonyl (C=O) groups is 1. The van der Waals surface area contributed by atoms with Crippen LogP contribution in [0.2, 0.25) is 0 Å². The fourth-order valence-corrected chi connectivity index (χ4v) is 3.53. The number of carbonyl (C=O) groups excluding carboxylic acids is 1. The van der Waals surface area contributed by atoms with Crippen molar-refractivity contribution in [3.63, 3.8) is 0 Å². The van der Waals surface area contributed by atoms with Gasteiger partial charge in [0, 0.05) is 6.07 Å². The number of nitro groups is 1. The van der Waals surface area contributed by atoms with Gasteiger partial charge in [0.15, 0.2) is 0 Å². The zero-order chi connectivity index (χ0) is 19.2. The van der Waals surface area contributed by atoms with Crippen molar-refractivity contribution in [1.82, 2.24) is 0 Å². The largest absolute Gasteiger partial charge is 0.426 e. The van der Waals surface area contributed by atoms with Gasteiger partial charge in [0.2, 0.25) is 0 Å². The van der Waals surface area contributed by atoms with Gasteiger partial charge in [-0.1, -0.05) is 54.6 Å². The Morgan fingerprint density at radius 2 is 1.48 bits per heavy atom. The first-order valence-electron chi connectivity index (χ1n) is 8.02. The van der Waals surface area contributed by atoms with Crippen molar-refractivity contribution < 1.29 is 18.7 Å². The Bertz CT molecular complexity index is 987. The Labute approximate surface area is 158 Å². The Morgan fingerprint density at radius 3 is 2.15 bits per heavy atom. The smallest absolute Gasteiger partial charge is 0.324 e. The summed E-state index contributed by atoms with van der Waals surface area (Å²) in [5, 5.41) is 11.0. The predicted molar refractivity (Wildman–Crippen MR) is 102 cm³/mol. The van der Waals surface area contributed by atoms with Crippen LogP contribution in [-0.4, -0.2) is 20.9 Å². The monoisotopic (exact) mass is 381 g/mol. The molecule has 0 spiro atoms. The maximum absolute atomic E-state index is 12.3. The lowest BCUT2D eigenvalue weighted by Crippen LogP contribution is -2.17. The molecule has 0 saturated carbocycles. The minimum Gasteiger partial charge on any atom is -0.426 e. The lowest BCUT2D eigenvalue weighted by Gasteiger charge is -2.06. The zero-order valence-corrected chi connectivity index (χ0v) is 14.9. The normalized spacial score (nSPS) is 11.6. The van der Waals surface area contributed by atoms with Gasteiger partial charge in [0.25, 0.3) is 5.69 Å². The van der Waals surface area contributed by atoms with Gasteiger partial charge >= 0.3 is 5.97 Å². The highest BCUT2D eigenvalue weighted by atomic mass is 32.2. The summed E-state index contributed by atoms with van der Waals surface area (Å²) in [7, 11) is -1.87. The molecule has 0 heterocycles. The molecule has 1 atom stereocenters. The Balaban J connectivity index is 1.66. The fourth-order valence-electron chi connectivity index (χ4n) is 2.49. The standard InChI is InChI=1S/C20H15NO5S/c22-20(14-27(25)19-9-5-4-8-18(19)21(23)24)26-17-12-10-16(11-13-17)15-6-2-1-3-7-15/h1-13H,14H2. The summed E-state index contributed by atoms with van der Waals surface area (Å²) in [4.78, 5) is 22.4. The van der Waals surface area contributed by atoms with Gasteiger partial charge in [0.05, 0.1) is 15.7 Å². The van der Waals surface area contributed by atoms with Gasteiger partial charge in [-0.25, -0.2) is 0 Å². The number of nitrogens with zero attached hydrogens (tertiary/aromatic N) is 1. The summed E-state index contributed by atoms with van der Waals surface area (Å²) >= 11 is 0. The average molecular weight is 381 g/mol. The molecule has 0 N–H and O–H groups in total. The van der Waals surface area contributed by atoms with Crippen molar-refractivity contribution in [3.8, 4) is 16.9 Å². The Hall–Kier alpha value is -3.32. The number of ether oxygens (including phenoxy) is 1. The highest BCUT2D eigenvalue weighted by molar-refractivity contribution is 7.85. The molecule has 0 aliphatic carbocycles. The second-order valence-corrected chi connectivity index (χ2v) is 7.00. The molecule has 0 bridgehead atoms. The van der Waals surface area contributed by atoms with E-state index in [2.05, 4.69) is 0 Å². The second kappa shape index (κ2) is 8.37.